The van der Waals surface area contributed by atoms with Crippen molar-refractivity contribution in [2.24, 2.45) is 5.92 Å². The third-order valence-electron chi connectivity index (χ3n) is 12.0. The maximum absolute atomic E-state index is 12.5. The summed E-state index contributed by atoms with van der Waals surface area (Å²) in [7, 11) is 0. The molecule has 0 spiro atoms. The van der Waals surface area contributed by atoms with Crippen LogP contribution in [0.3, 0.4) is 0 Å². The third kappa shape index (κ3) is 9.45. The van der Waals surface area contributed by atoms with E-state index < -0.39 is 6.85 Å². The average molecular weight is 1030 g/mol. The summed E-state index contributed by atoms with van der Waals surface area (Å²) in [4.78, 5) is 10.5. The number of nitrogens with zero attached hydrogens (tertiary/aromatic N) is 3. The Morgan fingerprint density at radius 1 is 0.641 bits per heavy atom. The zero-order valence-corrected chi connectivity index (χ0v) is 41.4. The van der Waals surface area contributed by atoms with E-state index in [0.29, 0.717) is 22.9 Å². The summed E-state index contributed by atoms with van der Waals surface area (Å²) in [6, 6.07) is 47.2. The third-order valence-corrected chi connectivity index (χ3v) is 12.0. The van der Waals surface area contributed by atoms with Gasteiger partial charge in [0.05, 0.1) is 16.6 Å². The molecule has 2 aromatic heterocycles. The average Bonchev–Trinajstić information content (AvgIpc) is 3.65. The summed E-state index contributed by atoms with van der Waals surface area (Å²) in [5, 5.41) is 12.5. The second kappa shape index (κ2) is 17.8. The number of hydrogen-bond acceptors (Lipinski definition) is 3. The molecule has 0 saturated heterocycles. The van der Waals surface area contributed by atoms with Crippen LogP contribution in [-0.2, 0) is 43.7 Å². The molecule has 0 amide bonds. The molecule has 5 heteroatoms. The van der Waals surface area contributed by atoms with Crippen LogP contribution in [0.5, 0.6) is 5.75 Å². The first-order chi connectivity index (χ1) is 31.0. The number of aromatic hydroxyl groups is 1. The van der Waals surface area contributed by atoms with E-state index in [2.05, 4.69) is 178 Å². The van der Waals surface area contributed by atoms with E-state index in [4.69, 9.17) is 14.1 Å². The summed E-state index contributed by atoms with van der Waals surface area (Å²) in [6.45, 7) is 22.1. The molecule has 1 N–H and O–H groups in total. The van der Waals surface area contributed by atoms with E-state index in [-0.39, 0.29) is 43.1 Å². The van der Waals surface area contributed by atoms with E-state index >= 15 is 0 Å². The number of benzene rings is 6. The fourth-order valence-electron chi connectivity index (χ4n) is 8.50. The van der Waals surface area contributed by atoms with Crippen LogP contribution in [0.2, 0.25) is 0 Å². The van der Waals surface area contributed by atoms with Gasteiger partial charge in [-0.1, -0.05) is 178 Å². The molecule has 4 nitrogen and oxygen atoms in total. The monoisotopic (exact) mass is 1030 g/mol. The molecule has 0 unspecified atom stereocenters. The van der Waals surface area contributed by atoms with Crippen LogP contribution >= 0.6 is 0 Å². The Morgan fingerprint density at radius 2 is 1.33 bits per heavy atom. The van der Waals surface area contributed by atoms with Gasteiger partial charge in [-0.15, -0.1) is 29.3 Å². The van der Waals surface area contributed by atoms with Crippen molar-refractivity contribution in [3.05, 3.63) is 167 Å². The Labute approximate surface area is 400 Å². The van der Waals surface area contributed by atoms with Crippen molar-refractivity contribution in [2.75, 3.05) is 0 Å². The largest absolute Gasteiger partial charge is 0.507 e. The summed E-state index contributed by atoms with van der Waals surface area (Å²) in [6.07, 6.45) is 2.69. The minimum atomic E-state index is -2.17. The van der Waals surface area contributed by atoms with Crippen molar-refractivity contribution < 1.29 is 30.3 Å². The second-order valence-corrected chi connectivity index (χ2v) is 20.6. The SMILES string of the molecule is [2H]C([2H])([2H])c1ccc(-c2ccnc(-c3[c-]c(-c4cccc5c4nc(-c4cc(C(C)(C)C)cc(C(C)(C)C)c4O)n5-c4ccc(-c5ccccc5)c(CC(C)C)c4)cc(C(C)(C)C)c3)c2)cc1.[Pt]. The van der Waals surface area contributed by atoms with Crippen LogP contribution in [0, 0.1) is 18.8 Å². The van der Waals surface area contributed by atoms with Gasteiger partial charge in [-0.3, -0.25) is 9.55 Å². The molecule has 0 fully saturated rings. The first-order valence-corrected chi connectivity index (χ1v) is 22.2. The minimum Gasteiger partial charge on any atom is -0.507 e. The zero-order valence-electron chi connectivity index (χ0n) is 42.1. The maximum Gasteiger partial charge on any atom is 0.148 e. The topological polar surface area (TPSA) is 50.9 Å². The first kappa shape index (κ1) is 42.4. The Bertz CT molecular complexity index is 3070. The van der Waals surface area contributed by atoms with Crippen LogP contribution in [0.25, 0.3) is 72.7 Å². The van der Waals surface area contributed by atoms with E-state index in [1.807, 2.05) is 24.3 Å². The molecule has 330 valence electrons. The number of aryl methyl sites for hydroxylation is 1. The van der Waals surface area contributed by atoms with E-state index in [1.54, 1.807) is 18.3 Å². The molecule has 0 bridgehead atoms. The van der Waals surface area contributed by atoms with Gasteiger partial charge in [-0.2, -0.15) is 0 Å². The molecular formula is C59H62N3OPt-. The number of rotatable bonds is 8. The number of pyridine rings is 1. The molecule has 0 saturated carbocycles. The zero-order chi connectivity index (χ0) is 47.5. The summed E-state index contributed by atoms with van der Waals surface area (Å²) in [5.41, 5.74) is 14.9. The van der Waals surface area contributed by atoms with Crippen molar-refractivity contribution in [3.8, 4) is 67.5 Å². The first-order valence-electron chi connectivity index (χ1n) is 23.7. The molecule has 6 aromatic carbocycles. The number of phenols is 1. The van der Waals surface area contributed by atoms with Gasteiger partial charge in [-0.25, -0.2) is 4.98 Å². The van der Waals surface area contributed by atoms with Crippen molar-refractivity contribution in [2.45, 2.75) is 106 Å². The van der Waals surface area contributed by atoms with E-state index in [9.17, 15) is 5.11 Å². The number of hydrogen-bond donors (Lipinski definition) is 1. The standard InChI is InChI=1S/C59H62N3O.Pt/c1-37(2)29-42-33-47(25-26-48(42)40-17-14-13-15-18-40)62-53-20-16-19-49(54(53)61-56(62)50-35-46(58(7,8)9)36-51(55(50)63)59(10,11)12)43-30-44(32-45(31-43)57(4,5)6)52-34-41(27-28-60-52)39-23-21-38(3)22-24-39;/h13-28,31-37,63H,29H2,1-12H3;/q-1;/i3D3;. The Kier molecular flexibility index (Phi) is 11.8. The van der Waals surface area contributed by atoms with Gasteiger partial charge < -0.3 is 5.11 Å². The van der Waals surface area contributed by atoms with E-state index in [1.165, 1.54) is 16.7 Å². The smallest absolute Gasteiger partial charge is 0.148 e. The minimum absolute atomic E-state index is 0. The maximum atomic E-state index is 12.5. The fraction of sp³-hybridized carbons (Fsp3) is 0.288. The van der Waals surface area contributed by atoms with Crippen molar-refractivity contribution in [1.29, 1.82) is 0 Å². The second-order valence-electron chi connectivity index (χ2n) is 20.6. The van der Waals surface area contributed by atoms with Crippen molar-refractivity contribution in [3.63, 3.8) is 0 Å². The van der Waals surface area contributed by atoms with Gasteiger partial charge in [0.25, 0.3) is 0 Å². The number of aromatic nitrogens is 3. The van der Waals surface area contributed by atoms with Crippen molar-refractivity contribution >= 4 is 11.0 Å². The summed E-state index contributed by atoms with van der Waals surface area (Å²) >= 11 is 0. The molecule has 0 atom stereocenters. The van der Waals surface area contributed by atoms with Crippen LogP contribution in [0.1, 0.15) is 108 Å². The van der Waals surface area contributed by atoms with Gasteiger partial charge in [0.2, 0.25) is 0 Å². The summed E-state index contributed by atoms with van der Waals surface area (Å²) < 4.78 is 25.8. The van der Waals surface area contributed by atoms with E-state index in [0.717, 1.165) is 73.3 Å². The molecule has 0 radical (unpaired) electrons. The fourth-order valence-corrected chi connectivity index (χ4v) is 8.50. The molecular weight excluding hydrogens is 962 g/mol. The van der Waals surface area contributed by atoms with Gasteiger partial charge >= 0.3 is 0 Å². The quantitative estimate of drug-likeness (QED) is 0.154. The van der Waals surface area contributed by atoms with Crippen LogP contribution < -0.4 is 0 Å². The predicted molar refractivity (Wildman–Crippen MR) is 266 cm³/mol. The number of para-hydroxylation sites is 1. The summed E-state index contributed by atoms with van der Waals surface area (Å²) in [5.74, 6) is 1.33. The Hall–Kier alpha value is -5.57. The van der Waals surface area contributed by atoms with Crippen LogP contribution in [0.15, 0.2) is 134 Å². The number of fused-ring (bicyclic) bond motifs is 1. The molecule has 0 aliphatic heterocycles. The molecule has 0 aliphatic carbocycles. The van der Waals surface area contributed by atoms with Gasteiger partial charge in [0.15, 0.2) is 0 Å². The van der Waals surface area contributed by atoms with Gasteiger partial charge in [-0.05, 0) is 99.1 Å². The Balaban J connectivity index is 0.00000666. The number of phenolic OH excluding ortho intramolecular Hbond substituents is 1. The van der Waals surface area contributed by atoms with Crippen LogP contribution in [0.4, 0.5) is 0 Å². The predicted octanol–water partition coefficient (Wildman–Crippen LogP) is 15.7. The van der Waals surface area contributed by atoms with Crippen molar-refractivity contribution in [1.82, 2.24) is 14.5 Å². The molecule has 8 rings (SSSR count). The number of imidazole rings is 1. The van der Waals surface area contributed by atoms with Gasteiger partial charge in [0.1, 0.15) is 11.6 Å². The van der Waals surface area contributed by atoms with Gasteiger partial charge in [0, 0.05) is 48.3 Å². The molecule has 2 heterocycles. The molecule has 0 aliphatic rings. The molecule has 64 heavy (non-hydrogen) atoms. The van der Waals surface area contributed by atoms with Crippen LogP contribution in [-0.4, -0.2) is 19.6 Å². The Morgan fingerprint density at radius 3 is 1.98 bits per heavy atom. The normalized spacial score (nSPS) is 13.1. The molecule has 8 aromatic rings.